The Morgan fingerprint density at radius 3 is 2.63 bits per heavy atom. The van der Waals surface area contributed by atoms with Crippen molar-refractivity contribution < 1.29 is 8.42 Å². The molecule has 0 bridgehead atoms. The van der Waals surface area contributed by atoms with E-state index in [-0.39, 0.29) is 10.5 Å². The van der Waals surface area contributed by atoms with Gasteiger partial charge in [-0.05, 0) is 40.5 Å². The predicted molar refractivity (Wildman–Crippen MR) is 78.0 cm³/mol. The van der Waals surface area contributed by atoms with Crippen LogP contribution in [0.2, 0.25) is 0 Å². The molecule has 0 fully saturated rings. The normalized spacial score (nSPS) is 11.6. The van der Waals surface area contributed by atoms with Crippen molar-refractivity contribution in [3.8, 4) is 0 Å². The highest BCUT2D eigenvalue weighted by atomic mass is 79.9. The minimum absolute atomic E-state index is 0.0551. The maximum Gasteiger partial charge on any atom is 0.247 e. The van der Waals surface area contributed by atoms with E-state index >= 15 is 0 Å². The van der Waals surface area contributed by atoms with Crippen molar-refractivity contribution in [2.45, 2.75) is 11.3 Å². The molecule has 0 aliphatic heterocycles. The number of hydrogen-bond acceptors (Lipinski definition) is 4. The highest BCUT2D eigenvalue weighted by Crippen LogP contribution is 2.22. The minimum Gasteiger partial charge on any atom is -0.328 e. The van der Waals surface area contributed by atoms with Crippen LogP contribution < -0.4 is 10.3 Å². The number of thiophene rings is 1. The Morgan fingerprint density at radius 1 is 1.26 bits per heavy atom. The van der Waals surface area contributed by atoms with Crippen molar-refractivity contribution in [1.29, 1.82) is 0 Å². The van der Waals surface area contributed by atoms with Gasteiger partial charge in [0.2, 0.25) is 15.6 Å². The fraction of sp³-hybridized carbons (Fsp3) is 0.182. The van der Waals surface area contributed by atoms with E-state index < -0.39 is 10.0 Å². The van der Waals surface area contributed by atoms with E-state index in [1.165, 1.54) is 18.3 Å². The van der Waals surface area contributed by atoms with E-state index in [4.69, 9.17) is 0 Å². The number of aromatic nitrogens is 1. The van der Waals surface area contributed by atoms with Gasteiger partial charge in [0.05, 0.1) is 8.68 Å². The molecule has 0 radical (unpaired) electrons. The van der Waals surface area contributed by atoms with Crippen LogP contribution in [0.15, 0.2) is 43.9 Å². The van der Waals surface area contributed by atoms with Gasteiger partial charge >= 0.3 is 0 Å². The Kier molecular flexibility index (Phi) is 4.56. The van der Waals surface area contributed by atoms with Crippen LogP contribution >= 0.6 is 27.3 Å². The van der Waals surface area contributed by atoms with Crippen LogP contribution in [0.3, 0.4) is 0 Å². The summed E-state index contributed by atoms with van der Waals surface area (Å²) in [6.07, 6.45) is 1.81. The van der Waals surface area contributed by atoms with Gasteiger partial charge < -0.3 is 4.98 Å². The van der Waals surface area contributed by atoms with E-state index in [0.29, 0.717) is 13.0 Å². The Hall–Kier alpha value is -0.960. The van der Waals surface area contributed by atoms with E-state index in [9.17, 15) is 13.2 Å². The number of rotatable bonds is 5. The van der Waals surface area contributed by atoms with Gasteiger partial charge in [-0.3, -0.25) is 4.79 Å². The van der Waals surface area contributed by atoms with Crippen molar-refractivity contribution in [3.05, 3.63) is 49.5 Å². The molecule has 0 saturated heterocycles. The third-order valence-electron chi connectivity index (χ3n) is 2.36. The summed E-state index contributed by atoms with van der Waals surface area (Å²) >= 11 is 4.92. The van der Waals surface area contributed by atoms with Crippen molar-refractivity contribution in [2.24, 2.45) is 0 Å². The monoisotopic (exact) mass is 362 g/mol. The molecule has 0 amide bonds. The summed E-state index contributed by atoms with van der Waals surface area (Å²) in [6.45, 7) is 0.314. The Bertz CT molecular complexity index is 701. The first-order valence-electron chi connectivity index (χ1n) is 5.40. The summed E-state index contributed by atoms with van der Waals surface area (Å²) in [5.74, 6) is 0. The van der Waals surface area contributed by atoms with Gasteiger partial charge in [0.25, 0.3) is 0 Å². The van der Waals surface area contributed by atoms with Crippen LogP contribution in [0.4, 0.5) is 0 Å². The van der Waals surface area contributed by atoms with Crippen LogP contribution in [0, 0.1) is 0 Å². The third kappa shape index (κ3) is 4.00. The zero-order valence-electron chi connectivity index (χ0n) is 9.72. The van der Waals surface area contributed by atoms with Gasteiger partial charge in [-0.2, -0.15) is 0 Å². The maximum atomic E-state index is 11.9. The van der Waals surface area contributed by atoms with E-state index in [2.05, 4.69) is 25.6 Å². The van der Waals surface area contributed by atoms with Gasteiger partial charge in [-0.15, -0.1) is 11.3 Å². The second-order valence-electron chi connectivity index (χ2n) is 3.74. The summed E-state index contributed by atoms with van der Waals surface area (Å²) in [6, 6.07) is 6.34. The molecule has 5 nitrogen and oxygen atoms in total. The molecule has 0 saturated carbocycles. The second-order valence-corrected chi connectivity index (χ2v) is 8.06. The highest BCUT2D eigenvalue weighted by molar-refractivity contribution is 9.11. The number of nitrogens with one attached hydrogen (secondary N) is 2. The van der Waals surface area contributed by atoms with Gasteiger partial charge in [0, 0.05) is 23.7 Å². The van der Waals surface area contributed by atoms with Crippen molar-refractivity contribution in [1.82, 2.24) is 9.71 Å². The lowest BCUT2D eigenvalue weighted by molar-refractivity contribution is 0.581. The van der Waals surface area contributed by atoms with Crippen LogP contribution in [0.1, 0.15) is 4.88 Å². The summed E-state index contributed by atoms with van der Waals surface area (Å²) in [4.78, 5) is 14.4. The fourth-order valence-electron chi connectivity index (χ4n) is 1.44. The van der Waals surface area contributed by atoms with Crippen molar-refractivity contribution in [3.63, 3.8) is 0 Å². The molecule has 0 atom stereocenters. The third-order valence-corrected chi connectivity index (χ3v) is 5.50. The van der Waals surface area contributed by atoms with Crippen LogP contribution in [0.5, 0.6) is 0 Å². The molecule has 102 valence electrons. The first-order chi connectivity index (χ1) is 8.97. The molecule has 0 unspecified atom stereocenters. The molecule has 8 heteroatoms. The number of hydrogen-bond donors (Lipinski definition) is 2. The molecule has 0 aromatic carbocycles. The zero-order valence-corrected chi connectivity index (χ0v) is 12.9. The molecule has 2 heterocycles. The summed E-state index contributed by atoms with van der Waals surface area (Å²) in [5.41, 5.74) is -0.331. The lowest BCUT2D eigenvalue weighted by Gasteiger charge is -2.05. The SMILES string of the molecule is O=c1ccc(S(=O)(=O)NCCc2ccc(Br)s2)c[nH]1. The maximum absolute atomic E-state index is 11.9. The number of halogens is 1. The Morgan fingerprint density at radius 2 is 2.05 bits per heavy atom. The van der Waals surface area contributed by atoms with E-state index in [0.717, 1.165) is 8.66 Å². The fourth-order valence-corrected chi connectivity index (χ4v) is 3.92. The lowest BCUT2D eigenvalue weighted by atomic mass is 10.3. The number of H-pyrrole nitrogens is 1. The molecule has 0 aliphatic carbocycles. The van der Waals surface area contributed by atoms with E-state index in [1.54, 1.807) is 11.3 Å². The molecule has 2 rings (SSSR count). The van der Waals surface area contributed by atoms with Crippen molar-refractivity contribution in [2.75, 3.05) is 6.54 Å². The number of pyridine rings is 1. The first kappa shape index (κ1) is 14.4. The summed E-state index contributed by atoms with van der Waals surface area (Å²) in [7, 11) is -3.57. The smallest absolute Gasteiger partial charge is 0.247 e. The van der Waals surface area contributed by atoms with Gasteiger partial charge in [0.15, 0.2) is 0 Å². The topological polar surface area (TPSA) is 79.0 Å². The van der Waals surface area contributed by atoms with E-state index in [1.807, 2.05) is 12.1 Å². The average molecular weight is 363 g/mol. The zero-order chi connectivity index (χ0) is 13.9. The first-order valence-corrected chi connectivity index (χ1v) is 8.49. The summed E-state index contributed by atoms with van der Waals surface area (Å²) < 4.78 is 27.3. The molecule has 0 aliphatic rings. The number of sulfonamides is 1. The molecule has 2 N–H and O–H groups in total. The molecule has 0 spiro atoms. The molecule has 19 heavy (non-hydrogen) atoms. The predicted octanol–water partition coefficient (Wildman–Crippen LogP) is 1.72. The van der Waals surface area contributed by atoms with Crippen LogP contribution in [-0.4, -0.2) is 19.9 Å². The molecule has 2 aromatic heterocycles. The van der Waals surface area contributed by atoms with Gasteiger partial charge in [-0.25, -0.2) is 13.1 Å². The quantitative estimate of drug-likeness (QED) is 0.849. The Labute approximate surface area is 122 Å². The van der Waals surface area contributed by atoms with Crippen LogP contribution in [-0.2, 0) is 16.4 Å². The molecular weight excluding hydrogens is 352 g/mol. The lowest BCUT2D eigenvalue weighted by Crippen LogP contribution is -2.26. The number of aromatic amines is 1. The Balaban J connectivity index is 1.98. The van der Waals surface area contributed by atoms with Gasteiger partial charge in [0.1, 0.15) is 0 Å². The highest BCUT2D eigenvalue weighted by Gasteiger charge is 2.13. The standard InChI is InChI=1S/C11H11BrN2O3S2/c12-10-3-1-8(18-10)5-6-14-19(16,17)9-2-4-11(15)13-7-9/h1-4,7,14H,5-6H2,(H,13,15). The minimum atomic E-state index is -3.57. The summed E-state index contributed by atoms with van der Waals surface area (Å²) in [5, 5.41) is 0. The average Bonchev–Trinajstić information content (AvgIpc) is 2.75. The second kappa shape index (κ2) is 6.00. The largest absolute Gasteiger partial charge is 0.328 e. The van der Waals surface area contributed by atoms with Gasteiger partial charge in [-0.1, -0.05) is 0 Å². The molecule has 2 aromatic rings. The molecular formula is C11H11BrN2O3S2. The van der Waals surface area contributed by atoms with Crippen molar-refractivity contribution >= 4 is 37.3 Å². The van der Waals surface area contributed by atoms with Crippen LogP contribution in [0.25, 0.3) is 0 Å².